The summed E-state index contributed by atoms with van der Waals surface area (Å²) in [6.45, 7) is 2.53. The molecule has 3 rings (SSSR count). The number of carbonyl (C=O) groups excluding carboxylic acids is 1. The molecule has 1 spiro atoms. The fourth-order valence-electron chi connectivity index (χ4n) is 3.88. The number of nitrogens with zero attached hydrogens (tertiary/aromatic N) is 2. The Kier molecular flexibility index (Phi) is 9.07. The Morgan fingerprint density at radius 2 is 2.00 bits per heavy atom. The zero-order valence-corrected chi connectivity index (χ0v) is 19.0. The summed E-state index contributed by atoms with van der Waals surface area (Å²) in [7, 11) is 3.51. The number of likely N-dealkylation sites (N-methyl/N-ethyl adjacent to an activating group) is 1. The van der Waals surface area contributed by atoms with Gasteiger partial charge in [-0.2, -0.15) is 0 Å². The Morgan fingerprint density at radius 1 is 1.19 bits per heavy atom. The van der Waals surface area contributed by atoms with Crippen LogP contribution in [-0.4, -0.2) is 74.9 Å². The van der Waals surface area contributed by atoms with Gasteiger partial charge in [0.2, 0.25) is 5.91 Å². The summed E-state index contributed by atoms with van der Waals surface area (Å²) in [6, 6.07) is 0.344. The van der Waals surface area contributed by atoms with Crippen LogP contribution >= 0.6 is 24.0 Å². The first kappa shape index (κ1) is 22.7. The highest BCUT2D eigenvalue weighted by atomic mass is 127. The molecule has 1 amide bonds. The van der Waals surface area contributed by atoms with Crippen molar-refractivity contribution in [3.05, 3.63) is 0 Å². The van der Waals surface area contributed by atoms with Gasteiger partial charge in [-0.15, -0.1) is 24.0 Å². The minimum absolute atomic E-state index is 0. The number of guanidine groups is 1. The summed E-state index contributed by atoms with van der Waals surface area (Å²) in [5, 5.41) is 6.94. The molecule has 0 aromatic heterocycles. The van der Waals surface area contributed by atoms with Crippen LogP contribution in [0.25, 0.3) is 0 Å². The van der Waals surface area contributed by atoms with Gasteiger partial charge in [-0.25, -0.2) is 4.99 Å². The van der Waals surface area contributed by atoms with Crippen molar-refractivity contribution in [2.45, 2.75) is 69.1 Å². The molecule has 0 radical (unpaired) electrons. The number of hydrogen-bond donors (Lipinski definition) is 2. The lowest BCUT2D eigenvalue weighted by atomic mass is 9.74. The van der Waals surface area contributed by atoms with Gasteiger partial charge < -0.3 is 25.0 Å². The molecule has 2 aliphatic heterocycles. The molecule has 1 saturated carbocycles. The first-order valence-corrected chi connectivity index (χ1v) is 10.1. The van der Waals surface area contributed by atoms with E-state index in [0.29, 0.717) is 6.04 Å². The summed E-state index contributed by atoms with van der Waals surface area (Å²) in [5.41, 5.74) is 0.0902. The van der Waals surface area contributed by atoms with E-state index in [-0.39, 0.29) is 48.1 Å². The maximum atomic E-state index is 11.9. The van der Waals surface area contributed by atoms with Crippen molar-refractivity contribution >= 4 is 35.8 Å². The average molecular weight is 494 g/mol. The smallest absolute Gasteiger partial charge is 0.243 e. The molecule has 3 fully saturated rings. The Bertz CT molecular complexity index is 505. The molecule has 0 aromatic rings. The monoisotopic (exact) mass is 494 g/mol. The summed E-state index contributed by atoms with van der Waals surface area (Å²) >= 11 is 0. The second-order valence-electron chi connectivity index (χ2n) is 8.04. The van der Waals surface area contributed by atoms with Gasteiger partial charge in [0.05, 0.1) is 11.7 Å². The highest BCUT2D eigenvalue weighted by molar-refractivity contribution is 14.0. The Morgan fingerprint density at radius 3 is 2.63 bits per heavy atom. The van der Waals surface area contributed by atoms with Crippen molar-refractivity contribution in [3.63, 3.8) is 0 Å². The largest absolute Gasteiger partial charge is 0.376 e. The first-order chi connectivity index (χ1) is 12.6. The summed E-state index contributed by atoms with van der Waals surface area (Å²) < 4.78 is 11.8. The number of rotatable bonds is 5. The number of halogens is 1. The van der Waals surface area contributed by atoms with Gasteiger partial charge >= 0.3 is 0 Å². The average Bonchev–Trinajstić information content (AvgIpc) is 2.63. The highest BCUT2D eigenvalue weighted by Crippen LogP contribution is 2.42. The Hall–Kier alpha value is -0.610. The van der Waals surface area contributed by atoms with Gasteiger partial charge in [-0.3, -0.25) is 4.79 Å². The topological polar surface area (TPSA) is 75.2 Å². The van der Waals surface area contributed by atoms with Gasteiger partial charge in [0.25, 0.3) is 0 Å². The van der Waals surface area contributed by atoms with Crippen LogP contribution in [0.4, 0.5) is 0 Å². The standard InChI is InChI=1S/C19H34N4O3.HI/c1-23(2)17(24)14-21-18(20-13-16-6-3-4-10-25-16)22-15-7-11-26-19(12-15)8-5-9-19;/h15-16H,3-14H2,1-2H3,(H2,20,21,22);1H. The quantitative estimate of drug-likeness (QED) is 0.347. The number of amides is 1. The van der Waals surface area contributed by atoms with Gasteiger partial charge in [0.1, 0.15) is 6.54 Å². The zero-order chi connectivity index (χ0) is 18.4. The van der Waals surface area contributed by atoms with Crippen molar-refractivity contribution in [2.24, 2.45) is 4.99 Å². The van der Waals surface area contributed by atoms with E-state index >= 15 is 0 Å². The summed E-state index contributed by atoms with van der Waals surface area (Å²) in [5.74, 6) is 0.721. The van der Waals surface area contributed by atoms with Crippen LogP contribution in [0.3, 0.4) is 0 Å². The third kappa shape index (κ3) is 6.74. The second-order valence-corrected chi connectivity index (χ2v) is 8.04. The lowest BCUT2D eigenvalue weighted by Crippen LogP contribution is -2.54. The van der Waals surface area contributed by atoms with Crippen LogP contribution in [-0.2, 0) is 14.3 Å². The minimum Gasteiger partial charge on any atom is -0.376 e. The van der Waals surface area contributed by atoms with Crippen LogP contribution < -0.4 is 10.6 Å². The van der Waals surface area contributed by atoms with Crippen LogP contribution in [0.2, 0.25) is 0 Å². The molecule has 2 atom stereocenters. The van der Waals surface area contributed by atoms with E-state index in [2.05, 4.69) is 15.6 Å². The van der Waals surface area contributed by atoms with Crippen LogP contribution in [0.15, 0.2) is 4.99 Å². The number of hydrogen-bond acceptors (Lipinski definition) is 4. The second kappa shape index (κ2) is 10.8. The number of carbonyl (C=O) groups is 1. The van der Waals surface area contributed by atoms with Crippen molar-refractivity contribution in [1.29, 1.82) is 0 Å². The molecule has 0 bridgehead atoms. The van der Waals surface area contributed by atoms with Crippen molar-refractivity contribution < 1.29 is 14.3 Å². The van der Waals surface area contributed by atoms with E-state index in [4.69, 9.17) is 9.47 Å². The van der Waals surface area contributed by atoms with E-state index in [1.54, 1.807) is 19.0 Å². The summed E-state index contributed by atoms with van der Waals surface area (Å²) in [4.78, 5) is 18.0. The van der Waals surface area contributed by atoms with Crippen molar-refractivity contribution in [1.82, 2.24) is 15.5 Å². The third-order valence-corrected chi connectivity index (χ3v) is 5.74. The number of ether oxygens (including phenoxy) is 2. The lowest BCUT2D eigenvalue weighted by Gasteiger charge is -2.47. The van der Waals surface area contributed by atoms with Crippen LogP contribution in [0, 0.1) is 0 Å². The van der Waals surface area contributed by atoms with E-state index < -0.39 is 0 Å². The fourth-order valence-corrected chi connectivity index (χ4v) is 3.88. The molecular formula is C19H35IN4O3. The fraction of sp³-hybridized carbons (Fsp3) is 0.895. The van der Waals surface area contributed by atoms with Gasteiger partial charge in [-0.1, -0.05) is 0 Å². The molecule has 8 heteroatoms. The summed E-state index contributed by atoms with van der Waals surface area (Å²) in [6.07, 6.45) is 9.28. The zero-order valence-electron chi connectivity index (χ0n) is 16.7. The minimum atomic E-state index is 0. The molecule has 0 aromatic carbocycles. The van der Waals surface area contributed by atoms with E-state index in [1.165, 1.54) is 25.7 Å². The van der Waals surface area contributed by atoms with Gasteiger partial charge in [0, 0.05) is 39.9 Å². The van der Waals surface area contributed by atoms with Gasteiger partial charge in [0.15, 0.2) is 5.96 Å². The molecule has 27 heavy (non-hydrogen) atoms. The van der Waals surface area contributed by atoms with E-state index in [9.17, 15) is 4.79 Å². The molecule has 2 unspecified atom stereocenters. The lowest BCUT2D eigenvalue weighted by molar-refractivity contribution is -0.134. The predicted octanol–water partition coefficient (Wildman–Crippen LogP) is 1.90. The molecular weight excluding hydrogens is 459 g/mol. The molecule has 156 valence electrons. The molecule has 3 aliphatic rings. The SMILES string of the molecule is CN(C)C(=O)CN=C(NCC1CCCCO1)NC1CCOC2(CCC2)C1.I. The van der Waals surface area contributed by atoms with Crippen molar-refractivity contribution in [2.75, 3.05) is 40.4 Å². The molecule has 2 heterocycles. The normalized spacial score (nSPS) is 27.3. The predicted molar refractivity (Wildman–Crippen MR) is 117 cm³/mol. The Labute approximate surface area is 180 Å². The van der Waals surface area contributed by atoms with Crippen molar-refractivity contribution in [3.8, 4) is 0 Å². The van der Waals surface area contributed by atoms with Crippen LogP contribution in [0.5, 0.6) is 0 Å². The van der Waals surface area contributed by atoms with E-state index in [0.717, 1.165) is 51.4 Å². The van der Waals surface area contributed by atoms with Gasteiger partial charge in [-0.05, 0) is 51.4 Å². The molecule has 2 saturated heterocycles. The molecule has 1 aliphatic carbocycles. The maximum Gasteiger partial charge on any atom is 0.243 e. The first-order valence-electron chi connectivity index (χ1n) is 10.1. The molecule has 7 nitrogen and oxygen atoms in total. The highest BCUT2D eigenvalue weighted by Gasteiger charge is 2.42. The third-order valence-electron chi connectivity index (χ3n) is 5.74. The maximum absolute atomic E-state index is 11.9. The van der Waals surface area contributed by atoms with E-state index in [1.807, 2.05) is 0 Å². The number of nitrogens with one attached hydrogen (secondary N) is 2. The molecule has 2 N–H and O–H groups in total. The number of aliphatic imine (C=N–C) groups is 1. The Balaban J connectivity index is 0.00000261. The van der Waals surface area contributed by atoms with Crippen LogP contribution in [0.1, 0.15) is 51.4 Å².